The zero-order valence-electron chi connectivity index (χ0n) is 8.08. The van der Waals surface area contributed by atoms with E-state index in [2.05, 4.69) is 6.58 Å². The molecule has 1 nitrogen and oxygen atoms in total. The van der Waals surface area contributed by atoms with E-state index in [-0.39, 0.29) is 11.7 Å². The molecule has 0 spiro atoms. The van der Waals surface area contributed by atoms with Crippen molar-refractivity contribution in [2.45, 2.75) is 19.8 Å². The summed E-state index contributed by atoms with van der Waals surface area (Å²) >= 11 is 0. The topological polar surface area (TPSA) is 17.1 Å². The van der Waals surface area contributed by atoms with Crippen molar-refractivity contribution in [1.82, 2.24) is 0 Å². The van der Waals surface area contributed by atoms with E-state index in [1.807, 2.05) is 37.3 Å². The minimum Gasteiger partial charge on any atom is -0.299 e. The molecule has 0 saturated carbocycles. The Kier molecular flexibility index (Phi) is 3.02. The minimum atomic E-state index is -0.138. The first-order chi connectivity index (χ1) is 6.13. The van der Waals surface area contributed by atoms with Crippen molar-refractivity contribution in [1.29, 1.82) is 0 Å². The van der Waals surface area contributed by atoms with Crippen LogP contribution in [0, 0.1) is 0 Å². The van der Waals surface area contributed by atoms with Crippen LogP contribution in [-0.4, -0.2) is 5.78 Å². The second-order valence-corrected chi connectivity index (χ2v) is 3.30. The van der Waals surface area contributed by atoms with Crippen molar-refractivity contribution in [2.75, 3.05) is 0 Å². The zero-order chi connectivity index (χ0) is 9.84. The van der Waals surface area contributed by atoms with Crippen LogP contribution < -0.4 is 0 Å². The molecule has 0 fully saturated rings. The average molecular weight is 174 g/mol. The van der Waals surface area contributed by atoms with Crippen LogP contribution in [0.1, 0.15) is 25.3 Å². The number of allylic oxidation sites excluding steroid dienone is 1. The van der Waals surface area contributed by atoms with E-state index in [0.29, 0.717) is 0 Å². The summed E-state index contributed by atoms with van der Waals surface area (Å²) in [7, 11) is 0. The summed E-state index contributed by atoms with van der Waals surface area (Å²) in [6, 6.07) is 9.74. The maximum atomic E-state index is 11.3. The fraction of sp³-hybridized carbons (Fsp3) is 0.250. The molecule has 1 unspecified atom stereocenters. The summed E-state index contributed by atoms with van der Waals surface area (Å²) in [4.78, 5) is 11.3. The van der Waals surface area contributed by atoms with Gasteiger partial charge in [-0.2, -0.15) is 0 Å². The molecule has 0 aromatic heterocycles. The van der Waals surface area contributed by atoms with Gasteiger partial charge < -0.3 is 0 Å². The first-order valence-corrected chi connectivity index (χ1v) is 4.33. The molecule has 1 aromatic carbocycles. The molecule has 0 bridgehead atoms. The summed E-state index contributed by atoms with van der Waals surface area (Å²) in [6.45, 7) is 7.32. The number of carbonyl (C=O) groups excluding carboxylic acids is 1. The molecule has 0 N–H and O–H groups in total. The van der Waals surface area contributed by atoms with E-state index in [1.54, 1.807) is 6.92 Å². The number of carbonyl (C=O) groups is 1. The van der Waals surface area contributed by atoms with Crippen LogP contribution >= 0.6 is 0 Å². The summed E-state index contributed by atoms with van der Waals surface area (Å²) in [5, 5.41) is 0. The lowest BCUT2D eigenvalue weighted by Crippen LogP contribution is -2.09. The number of benzene rings is 1. The van der Waals surface area contributed by atoms with Crippen LogP contribution in [0.4, 0.5) is 0 Å². The van der Waals surface area contributed by atoms with Gasteiger partial charge in [-0.05, 0) is 19.4 Å². The highest BCUT2D eigenvalue weighted by Crippen LogP contribution is 2.23. The molecule has 0 aliphatic carbocycles. The molecule has 1 heteroatoms. The molecule has 13 heavy (non-hydrogen) atoms. The van der Waals surface area contributed by atoms with E-state index in [1.165, 1.54) is 0 Å². The van der Waals surface area contributed by atoms with Gasteiger partial charge in [0.1, 0.15) is 5.78 Å². The van der Waals surface area contributed by atoms with Crippen LogP contribution in [0.15, 0.2) is 42.5 Å². The second-order valence-electron chi connectivity index (χ2n) is 3.30. The Bertz CT molecular complexity index is 297. The highest BCUT2D eigenvalue weighted by Gasteiger charge is 2.16. The Balaban J connectivity index is 3.03. The second kappa shape index (κ2) is 4.04. The van der Waals surface area contributed by atoms with Crippen molar-refractivity contribution < 1.29 is 4.79 Å². The summed E-state index contributed by atoms with van der Waals surface area (Å²) in [5.74, 6) is 0.0138. The highest BCUT2D eigenvalue weighted by atomic mass is 16.1. The first-order valence-electron chi connectivity index (χ1n) is 4.33. The monoisotopic (exact) mass is 174 g/mol. The fourth-order valence-electron chi connectivity index (χ4n) is 1.51. The van der Waals surface area contributed by atoms with Gasteiger partial charge in [0.2, 0.25) is 0 Å². The first kappa shape index (κ1) is 9.72. The van der Waals surface area contributed by atoms with Gasteiger partial charge in [-0.25, -0.2) is 0 Å². The molecular weight excluding hydrogens is 160 g/mol. The van der Waals surface area contributed by atoms with Gasteiger partial charge in [0.05, 0.1) is 5.92 Å². The Labute approximate surface area is 79.1 Å². The third-order valence-corrected chi connectivity index (χ3v) is 2.03. The van der Waals surface area contributed by atoms with Crippen molar-refractivity contribution >= 4 is 5.78 Å². The van der Waals surface area contributed by atoms with Gasteiger partial charge in [0.25, 0.3) is 0 Å². The maximum Gasteiger partial charge on any atom is 0.141 e. The highest BCUT2D eigenvalue weighted by molar-refractivity contribution is 5.86. The molecule has 0 amide bonds. The lowest BCUT2D eigenvalue weighted by Gasteiger charge is -2.13. The predicted molar refractivity (Wildman–Crippen MR) is 54.7 cm³/mol. The van der Waals surface area contributed by atoms with Gasteiger partial charge in [-0.3, -0.25) is 4.79 Å². The zero-order valence-corrected chi connectivity index (χ0v) is 8.08. The number of Topliss-reactive ketones (excluding diaryl/α,β-unsaturated/α-hetero) is 1. The largest absolute Gasteiger partial charge is 0.299 e. The Morgan fingerprint density at radius 2 is 1.77 bits per heavy atom. The van der Waals surface area contributed by atoms with Gasteiger partial charge in [0.15, 0.2) is 0 Å². The number of hydrogen-bond donors (Lipinski definition) is 0. The lowest BCUT2D eigenvalue weighted by molar-refractivity contribution is -0.117. The van der Waals surface area contributed by atoms with Crippen LogP contribution in [0.5, 0.6) is 0 Å². The third-order valence-electron chi connectivity index (χ3n) is 2.03. The molecular formula is C12H14O. The molecule has 0 aliphatic heterocycles. The molecule has 0 radical (unpaired) electrons. The Morgan fingerprint density at radius 1 is 1.23 bits per heavy atom. The Morgan fingerprint density at radius 3 is 2.15 bits per heavy atom. The summed E-state index contributed by atoms with van der Waals surface area (Å²) < 4.78 is 0. The van der Waals surface area contributed by atoms with Crippen LogP contribution in [-0.2, 0) is 4.79 Å². The summed E-state index contributed by atoms with van der Waals surface area (Å²) in [6.07, 6.45) is 0. The Hall–Kier alpha value is -1.37. The van der Waals surface area contributed by atoms with E-state index in [0.717, 1.165) is 11.1 Å². The van der Waals surface area contributed by atoms with Crippen molar-refractivity contribution in [3.63, 3.8) is 0 Å². The SMILES string of the molecule is C=C(C)C(C(C)=O)c1ccccc1. The quantitative estimate of drug-likeness (QED) is 0.644. The molecule has 0 heterocycles. The predicted octanol–water partition coefficient (Wildman–Crippen LogP) is 2.94. The standard InChI is InChI=1S/C12H14O/c1-9(2)12(10(3)13)11-7-5-4-6-8-11/h4-8,12H,1H2,2-3H3. The van der Waals surface area contributed by atoms with E-state index in [9.17, 15) is 4.79 Å². The van der Waals surface area contributed by atoms with Gasteiger partial charge in [-0.1, -0.05) is 42.5 Å². The molecule has 1 aromatic rings. The van der Waals surface area contributed by atoms with E-state index in [4.69, 9.17) is 0 Å². The lowest BCUT2D eigenvalue weighted by atomic mass is 9.90. The third kappa shape index (κ3) is 2.28. The van der Waals surface area contributed by atoms with Crippen LogP contribution in [0.25, 0.3) is 0 Å². The molecule has 1 atom stereocenters. The summed E-state index contributed by atoms with van der Waals surface area (Å²) in [5.41, 5.74) is 1.93. The smallest absolute Gasteiger partial charge is 0.141 e. The normalized spacial score (nSPS) is 12.2. The van der Waals surface area contributed by atoms with Crippen LogP contribution in [0.3, 0.4) is 0 Å². The van der Waals surface area contributed by atoms with E-state index >= 15 is 0 Å². The van der Waals surface area contributed by atoms with Crippen molar-refractivity contribution in [2.24, 2.45) is 0 Å². The molecule has 0 aliphatic rings. The van der Waals surface area contributed by atoms with Gasteiger partial charge in [0, 0.05) is 0 Å². The average Bonchev–Trinajstić information content (AvgIpc) is 2.04. The number of ketones is 1. The van der Waals surface area contributed by atoms with E-state index < -0.39 is 0 Å². The molecule has 68 valence electrons. The minimum absolute atomic E-state index is 0.138. The molecule has 1 rings (SSSR count). The molecule has 0 saturated heterocycles. The maximum absolute atomic E-state index is 11.3. The van der Waals surface area contributed by atoms with Crippen molar-refractivity contribution in [3.05, 3.63) is 48.0 Å². The fourth-order valence-corrected chi connectivity index (χ4v) is 1.51. The number of rotatable bonds is 3. The van der Waals surface area contributed by atoms with Crippen LogP contribution in [0.2, 0.25) is 0 Å². The number of hydrogen-bond acceptors (Lipinski definition) is 1. The van der Waals surface area contributed by atoms with Gasteiger partial charge >= 0.3 is 0 Å². The van der Waals surface area contributed by atoms with Crippen molar-refractivity contribution in [3.8, 4) is 0 Å². The van der Waals surface area contributed by atoms with Gasteiger partial charge in [-0.15, -0.1) is 0 Å².